The van der Waals surface area contributed by atoms with Crippen LogP contribution in [0.1, 0.15) is 0 Å². The van der Waals surface area contributed by atoms with E-state index in [1.165, 1.54) is 0 Å². The van der Waals surface area contributed by atoms with Gasteiger partial charge >= 0.3 is 0 Å². The van der Waals surface area contributed by atoms with E-state index in [-0.39, 0.29) is 0 Å². The number of rotatable bonds is 2. The molecule has 0 unspecified atom stereocenters. The van der Waals surface area contributed by atoms with Crippen molar-refractivity contribution in [3.63, 3.8) is 0 Å². The van der Waals surface area contributed by atoms with Crippen molar-refractivity contribution in [2.24, 2.45) is 0 Å². The van der Waals surface area contributed by atoms with Crippen molar-refractivity contribution in [2.45, 2.75) is 4.90 Å². The van der Waals surface area contributed by atoms with Gasteiger partial charge in [-0.1, -0.05) is 12.1 Å². The zero-order valence-electron chi connectivity index (χ0n) is 9.25. The summed E-state index contributed by atoms with van der Waals surface area (Å²) in [6.45, 7) is 0. The maximum absolute atomic E-state index is 5.71. The molecule has 84 valence electrons. The monoisotopic (exact) mass is 242 g/mol. The van der Waals surface area contributed by atoms with Crippen LogP contribution in [0, 0.1) is 0 Å². The van der Waals surface area contributed by atoms with Crippen molar-refractivity contribution < 1.29 is 4.42 Å². The quantitative estimate of drug-likeness (QED) is 0.643. The highest BCUT2D eigenvalue weighted by atomic mass is 32.2. The van der Waals surface area contributed by atoms with E-state index in [2.05, 4.69) is 9.97 Å². The van der Waals surface area contributed by atoms with Crippen LogP contribution in [-0.4, -0.2) is 16.2 Å². The number of hydrogen-bond donors (Lipinski definition) is 0. The van der Waals surface area contributed by atoms with E-state index in [0.29, 0.717) is 5.89 Å². The van der Waals surface area contributed by atoms with Crippen LogP contribution < -0.4 is 0 Å². The molecule has 0 amide bonds. The Hall–Kier alpha value is -1.81. The van der Waals surface area contributed by atoms with Crippen molar-refractivity contribution in [1.82, 2.24) is 9.97 Å². The minimum Gasteiger partial charge on any atom is -0.435 e. The molecule has 1 aromatic carbocycles. The normalized spacial score (nSPS) is 10.9. The lowest BCUT2D eigenvalue weighted by atomic mass is 10.3. The highest BCUT2D eigenvalue weighted by Crippen LogP contribution is 2.29. The molecule has 0 fully saturated rings. The lowest BCUT2D eigenvalue weighted by molar-refractivity contribution is 0.614. The van der Waals surface area contributed by atoms with E-state index < -0.39 is 0 Å². The molecule has 0 aliphatic rings. The van der Waals surface area contributed by atoms with Gasteiger partial charge in [0.05, 0.1) is 0 Å². The first-order valence-electron chi connectivity index (χ1n) is 5.23. The summed E-state index contributed by atoms with van der Waals surface area (Å²) in [5, 5.41) is 0. The highest BCUT2D eigenvalue weighted by Gasteiger charge is 2.12. The predicted octanol–water partition coefficient (Wildman–Crippen LogP) is 3.61. The molecule has 3 nitrogen and oxygen atoms in total. The Labute approximate surface area is 103 Å². The fraction of sp³-hybridized carbons (Fsp3) is 0.0769. The molecule has 0 aliphatic heterocycles. The molecule has 0 saturated heterocycles. The molecular formula is C13H10N2OS. The number of thioether (sulfide) groups is 1. The highest BCUT2D eigenvalue weighted by molar-refractivity contribution is 7.98. The minimum atomic E-state index is 0.580. The number of oxazole rings is 1. The molecule has 0 spiro atoms. The third kappa shape index (κ3) is 1.80. The Morgan fingerprint density at radius 3 is 2.82 bits per heavy atom. The van der Waals surface area contributed by atoms with Crippen LogP contribution in [-0.2, 0) is 0 Å². The molecule has 17 heavy (non-hydrogen) atoms. The molecule has 3 rings (SSSR count). The van der Waals surface area contributed by atoms with Gasteiger partial charge in [0.25, 0.3) is 0 Å². The number of fused-ring (bicyclic) bond motifs is 1. The zero-order chi connectivity index (χ0) is 11.7. The van der Waals surface area contributed by atoms with Crippen LogP contribution in [0.15, 0.2) is 51.9 Å². The van der Waals surface area contributed by atoms with Crippen molar-refractivity contribution in [2.75, 3.05) is 6.26 Å². The second-order valence-corrected chi connectivity index (χ2v) is 4.39. The number of pyridine rings is 1. The average Bonchev–Trinajstić information content (AvgIpc) is 2.82. The van der Waals surface area contributed by atoms with E-state index in [1.54, 1.807) is 18.0 Å². The summed E-state index contributed by atoms with van der Waals surface area (Å²) in [4.78, 5) is 9.86. The number of nitrogens with zero attached hydrogens (tertiary/aromatic N) is 2. The van der Waals surface area contributed by atoms with Gasteiger partial charge in [0.15, 0.2) is 5.58 Å². The number of hydrogen-bond acceptors (Lipinski definition) is 4. The standard InChI is InChI=1S/C13H10N2OS/c1-17-11-7-4-8-14-12(11)13-15-9-5-2-3-6-10(9)16-13/h2-8H,1H3. The third-order valence-corrected chi connectivity index (χ3v) is 3.26. The topological polar surface area (TPSA) is 38.9 Å². The van der Waals surface area contributed by atoms with Crippen LogP contribution >= 0.6 is 11.8 Å². The van der Waals surface area contributed by atoms with Gasteiger partial charge in [0, 0.05) is 11.1 Å². The van der Waals surface area contributed by atoms with Crippen molar-refractivity contribution >= 4 is 22.9 Å². The lowest BCUT2D eigenvalue weighted by Gasteiger charge is -2.00. The zero-order valence-corrected chi connectivity index (χ0v) is 10.1. The molecule has 2 aromatic heterocycles. The summed E-state index contributed by atoms with van der Waals surface area (Å²) < 4.78 is 5.71. The summed E-state index contributed by atoms with van der Waals surface area (Å²) in [6.07, 6.45) is 3.77. The Morgan fingerprint density at radius 2 is 2.00 bits per heavy atom. The molecule has 0 N–H and O–H groups in total. The Balaban J connectivity index is 2.20. The van der Waals surface area contributed by atoms with Crippen LogP contribution in [0.4, 0.5) is 0 Å². The second kappa shape index (κ2) is 4.22. The first-order valence-corrected chi connectivity index (χ1v) is 6.46. The van der Waals surface area contributed by atoms with Gasteiger partial charge in [-0.3, -0.25) is 0 Å². The fourth-order valence-electron chi connectivity index (χ4n) is 1.69. The van der Waals surface area contributed by atoms with Gasteiger partial charge in [-0.2, -0.15) is 0 Å². The maximum Gasteiger partial charge on any atom is 0.247 e. The molecule has 2 heterocycles. The van der Waals surface area contributed by atoms with Gasteiger partial charge < -0.3 is 4.42 Å². The Kier molecular flexibility index (Phi) is 2.57. The van der Waals surface area contributed by atoms with Gasteiger partial charge in [-0.15, -0.1) is 11.8 Å². The van der Waals surface area contributed by atoms with Crippen molar-refractivity contribution in [3.8, 4) is 11.6 Å². The molecule has 0 bridgehead atoms. The van der Waals surface area contributed by atoms with E-state index in [1.807, 2.05) is 42.7 Å². The fourth-order valence-corrected chi connectivity index (χ4v) is 2.24. The van der Waals surface area contributed by atoms with Crippen LogP contribution in [0.5, 0.6) is 0 Å². The molecule has 0 aliphatic carbocycles. The number of aromatic nitrogens is 2. The molecule has 3 aromatic rings. The number of benzene rings is 1. The van der Waals surface area contributed by atoms with Crippen LogP contribution in [0.25, 0.3) is 22.7 Å². The Bertz CT molecular complexity index is 630. The van der Waals surface area contributed by atoms with Crippen molar-refractivity contribution in [1.29, 1.82) is 0 Å². The van der Waals surface area contributed by atoms with Gasteiger partial charge in [0.1, 0.15) is 11.2 Å². The van der Waals surface area contributed by atoms with Crippen LogP contribution in [0.2, 0.25) is 0 Å². The second-order valence-electron chi connectivity index (χ2n) is 3.54. The number of para-hydroxylation sites is 2. The molecule has 0 saturated carbocycles. The van der Waals surface area contributed by atoms with Gasteiger partial charge in [0.2, 0.25) is 5.89 Å². The summed E-state index contributed by atoms with van der Waals surface area (Å²) in [7, 11) is 0. The van der Waals surface area contributed by atoms with E-state index in [4.69, 9.17) is 4.42 Å². The SMILES string of the molecule is CSc1cccnc1-c1nc2ccccc2o1. The molecule has 0 atom stereocenters. The summed E-state index contributed by atoms with van der Waals surface area (Å²) in [5.74, 6) is 0.580. The average molecular weight is 242 g/mol. The molecular weight excluding hydrogens is 232 g/mol. The summed E-state index contributed by atoms with van der Waals surface area (Å²) >= 11 is 1.64. The summed E-state index contributed by atoms with van der Waals surface area (Å²) in [6, 6.07) is 11.7. The summed E-state index contributed by atoms with van der Waals surface area (Å²) in [5.41, 5.74) is 2.46. The van der Waals surface area contributed by atoms with Crippen LogP contribution in [0.3, 0.4) is 0 Å². The third-order valence-electron chi connectivity index (χ3n) is 2.49. The van der Waals surface area contributed by atoms with E-state index >= 15 is 0 Å². The first-order chi connectivity index (χ1) is 8.38. The maximum atomic E-state index is 5.71. The predicted molar refractivity (Wildman–Crippen MR) is 69.0 cm³/mol. The molecule has 0 radical (unpaired) electrons. The minimum absolute atomic E-state index is 0.580. The molecule has 4 heteroatoms. The van der Waals surface area contributed by atoms with Crippen molar-refractivity contribution in [3.05, 3.63) is 42.6 Å². The lowest BCUT2D eigenvalue weighted by Crippen LogP contribution is -1.85. The Morgan fingerprint density at radius 1 is 1.12 bits per heavy atom. The van der Waals surface area contributed by atoms with Gasteiger partial charge in [-0.25, -0.2) is 9.97 Å². The smallest absolute Gasteiger partial charge is 0.247 e. The van der Waals surface area contributed by atoms with Gasteiger partial charge in [-0.05, 0) is 30.5 Å². The first kappa shape index (κ1) is 10.4. The van der Waals surface area contributed by atoms with E-state index in [0.717, 1.165) is 21.7 Å². The largest absolute Gasteiger partial charge is 0.435 e. The van der Waals surface area contributed by atoms with E-state index in [9.17, 15) is 0 Å².